The second-order valence-corrected chi connectivity index (χ2v) is 5.65. The lowest BCUT2D eigenvalue weighted by atomic mass is 10.1. The van der Waals surface area contributed by atoms with Gasteiger partial charge in [-0.1, -0.05) is 6.92 Å². The summed E-state index contributed by atoms with van der Waals surface area (Å²) in [4.78, 5) is 2.70. The van der Waals surface area contributed by atoms with E-state index >= 15 is 0 Å². The fraction of sp³-hybridized carbons (Fsp3) is 0.692. The van der Waals surface area contributed by atoms with Gasteiger partial charge in [0.25, 0.3) is 0 Å². The van der Waals surface area contributed by atoms with E-state index in [2.05, 4.69) is 24.4 Å². The minimum Gasteiger partial charge on any atom is -0.381 e. The Kier molecular flexibility index (Phi) is 5.45. The SMILES string of the molecule is CCNCc1ccc(COCC2CCOC2)s1. The number of nitrogens with one attached hydrogen (secondary N) is 1. The molecule has 1 atom stereocenters. The molecule has 0 saturated carbocycles. The van der Waals surface area contributed by atoms with Crippen LogP contribution in [0.5, 0.6) is 0 Å². The summed E-state index contributed by atoms with van der Waals surface area (Å²) in [6.07, 6.45) is 1.15. The Balaban J connectivity index is 1.65. The van der Waals surface area contributed by atoms with E-state index in [0.717, 1.165) is 45.9 Å². The van der Waals surface area contributed by atoms with Crippen molar-refractivity contribution in [2.24, 2.45) is 5.92 Å². The maximum atomic E-state index is 5.73. The zero-order valence-corrected chi connectivity index (χ0v) is 11.2. The van der Waals surface area contributed by atoms with Crippen LogP contribution < -0.4 is 5.32 Å². The molecule has 1 aromatic heterocycles. The first kappa shape index (κ1) is 13.0. The third-order valence-corrected chi connectivity index (χ3v) is 3.95. The summed E-state index contributed by atoms with van der Waals surface area (Å²) >= 11 is 1.84. The van der Waals surface area contributed by atoms with Crippen molar-refractivity contribution < 1.29 is 9.47 Å². The molecule has 0 spiro atoms. The Morgan fingerprint density at radius 3 is 3.12 bits per heavy atom. The van der Waals surface area contributed by atoms with Crippen LogP contribution in [0, 0.1) is 5.92 Å². The quantitative estimate of drug-likeness (QED) is 0.811. The monoisotopic (exact) mass is 255 g/mol. The highest BCUT2D eigenvalue weighted by molar-refractivity contribution is 7.11. The van der Waals surface area contributed by atoms with E-state index in [9.17, 15) is 0 Å². The predicted molar refractivity (Wildman–Crippen MR) is 70.3 cm³/mol. The third-order valence-electron chi connectivity index (χ3n) is 2.89. The summed E-state index contributed by atoms with van der Waals surface area (Å²) in [7, 11) is 0. The molecule has 2 rings (SSSR count). The first-order valence-electron chi connectivity index (χ1n) is 6.32. The Labute approximate surface area is 107 Å². The van der Waals surface area contributed by atoms with Crippen LogP contribution in [0.15, 0.2) is 12.1 Å². The van der Waals surface area contributed by atoms with Crippen LogP contribution in [0.25, 0.3) is 0 Å². The highest BCUT2D eigenvalue weighted by atomic mass is 32.1. The van der Waals surface area contributed by atoms with Gasteiger partial charge in [0.05, 0.1) is 19.8 Å². The van der Waals surface area contributed by atoms with Gasteiger partial charge in [0.15, 0.2) is 0 Å². The van der Waals surface area contributed by atoms with Crippen LogP contribution in [0.3, 0.4) is 0 Å². The molecular weight excluding hydrogens is 234 g/mol. The van der Waals surface area contributed by atoms with Gasteiger partial charge in [0, 0.05) is 28.8 Å². The summed E-state index contributed by atoms with van der Waals surface area (Å²) < 4.78 is 11.1. The fourth-order valence-corrected chi connectivity index (χ4v) is 2.81. The molecule has 4 heteroatoms. The minimum absolute atomic E-state index is 0.608. The number of hydrogen-bond donors (Lipinski definition) is 1. The Hall–Kier alpha value is -0.420. The van der Waals surface area contributed by atoms with Gasteiger partial charge in [0.2, 0.25) is 0 Å². The summed E-state index contributed by atoms with van der Waals surface area (Å²) in [6.45, 7) is 7.47. The third kappa shape index (κ3) is 4.39. The van der Waals surface area contributed by atoms with Crippen molar-refractivity contribution in [3.8, 4) is 0 Å². The Bertz CT molecular complexity index is 321. The summed E-state index contributed by atoms with van der Waals surface area (Å²) in [5.41, 5.74) is 0. The second kappa shape index (κ2) is 7.11. The van der Waals surface area contributed by atoms with E-state index < -0.39 is 0 Å². The molecule has 96 valence electrons. The number of ether oxygens (including phenoxy) is 2. The smallest absolute Gasteiger partial charge is 0.0809 e. The first-order chi connectivity index (χ1) is 8.38. The van der Waals surface area contributed by atoms with Crippen LogP contribution >= 0.6 is 11.3 Å². The zero-order valence-electron chi connectivity index (χ0n) is 10.4. The number of hydrogen-bond acceptors (Lipinski definition) is 4. The molecule has 1 unspecified atom stereocenters. The van der Waals surface area contributed by atoms with E-state index in [1.807, 2.05) is 11.3 Å². The Morgan fingerprint density at radius 2 is 2.35 bits per heavy atom. The van der Waals surface area contributed by atoms with Crippen molar-refractivity contribution in [2.75, 3.05) is 26.4 Å². The molecule has 17 heavy (non-hydrogen) atoms. The van der Waals surface area contributed by atoms with Crippen molar-refractivity contribution in [1.29, 1.82) is 0 Å². The predicted octanol–water partition coefficient (Wildman–Crippen LogP) is 2.41. The van der Waals surface area contributed by atoms with Crippen molar-refractivity contribution in [2.45, 2.75) is 26.5 Å². The fourth-order valence-electron chi connectivity index (χ4n) is 1.88. The molecule has 3 nitrogen and oxygen atoms in total. The maximum absolute atomic E-state index is 5.73. The van der Waals surface area contributed by atoms with Gasteiger partial charge in [-0.2, -0.15) is 0 Å². The van der Waals surface area contributed by atoms with Gasteiger partial charge in [-0.05, 0) is 25.1 Å². The summed E-state index contributed by atoms with van der Waals surface area (Å²) in [6, 6.07) is 4.35. The van der Waals surface area contributed by atoms with Crippen LogP contribution in [0.4, 0.5) is 0 Å². The second-order valence-electron chi connectivity index (χ2n) is 4.39. The molecule has 0 radical (unpaired) electrons. The lowest BCUT2D eigenvalue weighted by Crippen LogP contribution is -2.10. The van der Waals surface area contributed by atoms with Crippen molar-refractivity contribution in [1.82, 2.24) is 5.32 Å². The molecule has 2 heterocycles. The maximum Gasteiger partial charge on any atom is 0.0809 e. The number of rotatable bonds is 7. The van der Waals surface area contributed by atoms with Crippen LogP contribution in [-0.2, 0) is 22.6 Å². The topological polar surface area (TPSA) is 30.5 Å². The van der Waals surface area contributed by atoms with Crippen LogP contribution in [-0.4, -0.2) is 26.4 Å². The molecule has 1 N–H and O–H groups in total. The van der Waals surface area contributed by atoms with E-state index in [4.69, 9.17) is 9.47 Å². The van der Waals surface area contributed by atoms with E-state index in [-0.39, 0.29) is 0 Å². The van der Waals surface area contributed by atoms with Gasteiger partial charge in [0.1, 0.15) is 0 Å². The van der Waals surface area contributed by atoms with Gasteiger partial charge < -0.3 is 14.8 Å². The van der Waals surface area contributed by atoms with Crippen LogP contribution in [0.2, 0.25) is 0 Å². The molecule has 1 aliphatic rings. The molecule has 0 bridgehead atoms. The normalized spacial score (nSPS) is 19.9. The Morgan fingerprint density at radius 1 is 1.47 bits per heavy atom. The van der Waals surface area contributed by atoms with E-state index in [0.29, 0.717) is 5.92 Å². The summed E-state index contributed by atoms with van der Waals surface area (Å²) in [5, 5.41) is 3.33. The van der Waals surface area contributed by atoms with E-state index in [1.54, 1.807) is 0 Å². The van der Waals surface area contributed by atoms with E-state index in [1.165, 1.54) is 9.75 Å². The zero-order chi connectivity index (χ0) is 11.9. The molecule has 1 aromatic rings. The highest BCUT2D eigenvalue weighted by Gasteiger charge is 2.15. The van der Waals surface area contributed by atoms with Crippen molar-refractivity contribution >= 4 is 11.3 Å². The summed E-state index contributed by atoms with van der Waals surface area (Å²) in [5.74, 6) is 0.608. The lowest BCUT2D eigenvalue weighted by molar-refractivity contribution is 0.0806. The van der Waals surface area contributed by atoms with Crippen LogP contribution in [0.1, 0.15) is 23.1 Å². The van der Waals surface area contributed by atoms with Crippen molar-refractivity contribution in [3.63, 3.8) is 0 Å². The molecule has 0 aliphatic carbocycles. The van der Waals surface area contributed by atoms with Crippen molar-refractivity contribution in [3.05, 3.63) is 21.9 Å². The van der Waals surface area contributed by atoms with Gasteiger partial charge in [-0.15, -0.1) is 11.3 Å². The molecule has 0 aromatic carbocycles. The molecular formula is C13H21NO2S. The molecule has 0 amide bonds. The first-order valence-corrected chi connectivity index (χ1v) is 7.14. The van der Waals surface area contributed by atoms with Gasteiger partial charge in [-0.3, -0.25) is 0 Å². The standard InChI is InChI=1S/C13H21NO2S/c1-2-14-7-12-3-4-13(17-12)10-16-9-11-5-6-15-8-11/h3-4,11,14H,2,5-10H2,1H3. The molecule has 1 aliphatic heterocycles. The molecule has 1 saturated heterocycles. The number of thiophene rings is 1. The van der Waals surface area contributed by atoms with Gasteiger partial charge >= 0.3 is 0 Å². The highest BCUT2D eigenvalue weighted by Crippen LogP contribution is 2.18. The lowest BCUT2D eigenvalue weighted by Gasteiger charge is -2.07. The average Bonchev–Trinajstić information content (AvgIpc) is 2.98. The van der Waals surface area contributed by atoms with Gasteiger partial charge in [-0.25, -0.2) is 0 Å². The molecule has 1 fully saturated rings. The average molecular weight is 255 g/mol. The largest absolute Gasteiger partial charge is 0.381 e. The minimum atomic E-state index is 0.608.